The molecule has 3 heteroatoms. The maximum atomic E-state index is 10.6. The van der Waals surface area contributed by atoms with E-state index in [1.165, 1.54) is 12.8 Å². The molecular weight excluding hydrogens is 234 g/mol. The number of nitrogens with zero attached hydrogens (tertiary/aromatic N) is 1. The number of hydrogen-bond acceptors (Lipinski definition) is 1. The number of benzene rings is 1. The Morgan fingerprint density at radius 1 is 1.12 bits per heavy atom. The van der Waals surface area contributed by atoms with Crippen molar-refractivity contribution in [1.82, 2.24) is 4.90 Å². The second-order valence-corrected chi connectivity index (χ2v) is 3.95. The first-order valence-electron chi connectivity index (χ1n) is 6.16. The molecule has 1 fully saturated rings. The highest BCUT2D eigenvalue weighted by Crippen LogP contribution is 2.06. The fourth-order valence-electron chi connectivity index (χ4n) is 1.45. The van der Waals surface area contributed by atoms with Gasteiger partial charge in [0.1, 0.15) is 0 Å². The number of hydrogen-bond donors (Lipinski definition) is 0. The Morgan fingerprint density at radius 2 is 1.59 bits per heavy atom. The Hall–Kier alpha value is -1.02. The molecule has 0 spiro atoms. The van der Waals surface area contributed by atoms with Gasteiger partial charge in [-0.3, -0.25) is 4.79 Å². The molecule has 0 atom stereocenters. The van der Waals surface area contributed by atoms with Crippen molar-refractivity contribution >= 4 is 17.5 Å². The van der Waals surface area contributed by atoms with Gasteiger partial charge in [0, 0.05) is 25.0 Å². The van der Waals surface area contributed by atoms with Gasteiger partial charge in [-0.1, -0.05) is 43.6 Å². The largest absolute Gasteiger partial charge is 0.343 e. The highest BCUT2D eigenvalue weighted by atomic mass is 35.5. The number of amides is 1. The third-order valence-corrected chi connectivity index (χ3v) is 2.54. The minimum Gasteiger partial charge on any atom is -0.343 e. The van der Waals surface area contributed by atoms with Crippen molar-refractivity contribution in [2.45, 2.75) is 33.6 Å². The third kappa shape index (κ3) is 7.81. The second-order valence-electron chi connectivity index (χ2n) is 3.51. The van der Waals surface area contributed by atoms with Crippen molar-refractivity contribution in [3.8, 4) is 0 Å². The van der Waals surface area contributed by atoms with E-state index in [9.17, 15) is 4.79 Å². The number of carbonyl (C=O) groups is 1. The van der Waals surface area contributed by atoms with Crippen molar-refractivity contribution in [2.75, 3.05) is 13.1 Å². The summed E-state index contributed by atoms with van der Waals surface area (Å²) in [6, 6.07) is 9.44. The van der Waals surface area contributed by atoms with Gasteiger partial charge in [-0.2, -0.15) is 0 Å². The third-order valence-electron chi connectivity index (χ3n) is 2.28. The van der Waals surface area contributed by atoms with E-state index in [4.69, 9.17) is 11.6 Å². The lowest BCUT2D eigenvalue weighted by atomic mass is 10.4. The highest BCUT2D eigenvalue weighted by Gasteiger charge is 2.12. The van der Waals surface area contributed by atoms with Crippen LogP contribution in [0.2, 0.25) is 5.02 Å². The van der Waals surface area contributed by atoms with Crippen molar-refractivity contribution in [1.29, 1.82) is 0 Å². The van der Waals surface area contributed by atoms with E-state index >= 15 is 0 Å². The molecule has 0 N–H and O–H groups in total. The van der Waals surface area contributed by atoms with Crippen molar-refractivity contribution in [3.63, 3.8) is 0 Å². The van der Waals surface area contributed by atoms with Gasteiger partial charge in [-0.05, 0) is 25.0 Å². The monoisotopic (exact) mass is 255 g/mol. The summed E-state index contributed by atoms with van der Waals surface area (Å²) < 4.78 is 0. The molecule has 0 saturated carbocycles. The van der Waals surface area contributed by atoms with Gasteiger partial charge in [0.05, 0.1) is 0 Å². The Labute approximate surface area is 110 Å². The first kappa shape index (κ1) is 16.0. The van der Waals surface area contributed by atoms with Crippen LogP contribution in [0.25, 0.3) is 0 Å². The van der Waals surface area contributed by atoms with E-state index in [1.54, 1.807) is 6.92 Å². The van der Waals surface area contributed by atoms with Crippen LogP contribution in [-0.2, 0) is 4.79 Å². The quantitative estimate of drug-likeness (QED) is 0.686. The van der Waals surface area contributed by atoms with Gasteiger partial charge >= 0.3 is 0 Å². The van der Waals surface area contributed by atoms with Crippen LogP contribution >= 0.6 is 11.6 Å². The lowest BCUT2D eigenvalue weighted by Gasteiger charge is -2.10. The molecule has 1 heterocycles. The summed E-state index contributed by atoms with van der Waals surface area (Å²) in [6.45, 7) is 7.59. The maximum absolute atomic E-state index is 10.6. The molecule has 1 aromatic carbocycles. The van der Waals surface area contributed by atoms with Gasteiger partial charge in [0.25, 0.3) is 0 Å². The molecule has 0 aromatic heterocycles. The Balaban J connectivity index is 0.000000265. The fourth-order valence-corrected chi connectivity index (χ4v) is 1.59. The van der Waals surface area contributed by atoms with Crippen LogP contribution in [0.15, 0.2) is 30.3 Å². The Kier molecular flexibility index (Phi) is 9.55. The zero-order valence-corrected chi connectivity index (χ0v) is 11.7. The van der Waals surface area contributed by atoms with Crippen LogP contribution in [0.1, 0.15) is 33.6 Å². The molecule has 1 aliphatic rings. The summed E-state index contributed by atoms with van der Waals surface area (Å²) in [6.07, 6.45) is 2.39. The zero-order chi connectivity index (χ0) is 13.1. The molecule has 2 nitrogen and oxygen atoms in total. The molecule has 0 aliphatic carbocycles. The van der Waals surface area contributed by atoms with Gasteiger partial charge in [-0.15, -0.1) is 0 Å². The SMILES string of the molecule is CC.CC(=O)N1CCCC1.Clc1ccccc1. The first-order chi connectivity index (χ1) is 8.20. The lowest BCUT2D eigenvalue weighted by molar-refractivity contribution is -0.127. The molecule has 1 aromatic rings. The van der Waals surface area contributed by atoms with Crippen LogP contribution in [-0.4, -0.2) is 23.9 Å². The molecule has 0 unspecified atom stereocenters. The normalized spacial score (nSPS) is 13.1. The number of halogens is 1. The Morgan fingerprint density at radius 3 is 1.82 bits per heavy atom. The molecule has 0 bridgehead atoms. The fraction of sp³-hybridized carbons (Fsp3) is 0.500. The molecule has 1 saturated heterocycles. The lowest BCUT2D eigenvalue weighted by Crippen LogP contribution is -2.24. The van der Waals surface area contributed by atoms with Crippen molar-refractivity contribution < 1.29 is 4.79 Å². The molecule has 2 rings (SSSR count). The van der Waals surface area contributed by atoms with Crippen LogP contribution in [0.5, 0.6) is 0 Å². The van der Waals surface area contributed by atoms with Gasteiger partial charge < -0.3 is 4.90 Å². The average molecular weight is 256 g/mol. The van der Waals surface area contributed by atoms with Crippen LogP contribution < -0.4 is 0 Å². The van der Waals surface area contributed by atoms with E-state index in [0.29, 0.717) is 0 Å². The Bertz CT molecular complexity index is 294. The van der Waals surface area contributed by atoms with E-state index in [1.807, 2.05) is 49.1 Å². The van der Waals surface area contributed by atoms with Crippen molar-refractivity contribution in [2.24, 2.45) is 0 Å². The first-order valence-corrected chi connectivity index (χ1v) is 6.54. The van der Waals surface area contributed by atoms with E-state index in [2.05, 4.69) is 0 Å². The van der Waals surface area contributed by atoms with E-state index < -0.39 is 0 Å². The van der Waals surface area contributed by atoms with Gasteiger partial charge in [0.15, 0.2) is 0 Å². The topological polar surface area (TPSA) is 20.3 Å². The molecule has 1 amide bonds. The predicted octanol–water partition coefficient (Wildman–Crippen LogP) is 3.99. The number of rotatable bonds is 0. The molecule has 17 heavy (non-hydrogen) atoms. The number of likely N-dealkylation sites (tertiary alicyclic amines) is 1. The maximum Gasteiger partial charge on any atom is 0.219 e. The van der Waals surface area contributed by atoms with Crippen molar-refractivity contribution in [3.05, 3.63) is 35.4 Å². The minimum atomic E-state index is 0.225. The molecular formula is C14H22ClNO. The summed E-state index contributed by atoms with van der Waals surface area (Å²) in [5.41, 5.74) is 0. The van der Waals surface area contributed by atoms with Crippen LogP contribution in [0.3, 0.4) is 0 Å². The van der Waals surface area contributed by atoms with E-state index in [0.717, 1.165) is 18.1 Å². The molecule has 96 valence electrons. The second kappa shape index (κ2) is 10.2. The summed E-state index contributed by atoms with van der Waals surface area (Å²) >= 11 is 5.54. The highest BCUT2D eigenvalue weighted by molar-refractivity contribution is 6.30. The zero-order valence-electron chi connectivity index (χ0n) is 10.9. The summed E-state index contributed by atoms with van der Waals surface area (Å²) in [7, 11) is 0. The van der Waals surface area contributed by atoms with Gasteiger partial charge in [-0.25, -0.2) is 0 Å². The average Bonchev–Trinajstić information content (AvgIpc) is 2.87. The standard InChI is InChI=1S/C6H5Cl.C6H11NO.C2H6/c7-6-4-2-1-3-5-6;1-6(8)7-4-2-3-5-7;1-2/h1-5H;2-5H2,1H3;1-2H3. The summed E-state index contributed by atoms with van der Waals surface area (Å²) in [5, 5.41) is 0.794. The number of carbonyl (C=O) groups excluding carboxylic acids is 1. The van der Waals surface area contributed by atoms with Gasteiger partial charge in [0.2, 0.25) is 5.91 Å². The summed E-state index contributed by atoms with van der Waals surface area (Å²) in [4.78, 5) is 12.5. The van der Waals surface area contributed by atoms with E-state index in [-0.39, 0.29) is 5.91 Å². The molecule has 1 aliphatic heterocycles. The van der Waals surface area contributed by atoms with Crippen LogP contribution in [0, 0.1) is 0 Å². The minimum absolute atomic E-state index is 0.225. The summed E-state index contributed by atoms with van der Waals surface area (Å²) in [5.74, 6) is 0.225. The molecule has 0 radical (unpaired) electrons. The van der Waals surface area contributed by atoms with Crippen LogP contribution in [0.4, 0.5) is 0 Å². The smallest absolute Gasteiger partial charge is 0.219 e. The predicted molar refractivity (Wildman–Crippen MR) is 74.3 cm³/mol.